The second-order valence-corrected chi connectivity index (χ2v) is 5.93. The van der Waals surface area contributed by atoms with Crippen LogP contribution in [0.5, 0.6) is 0 Å². The third-order valence-electron chi connectivity index (χ3n) is 3.75. The SMILES string of the molecule is c1ccc2c(c1)sc1[nH]c3ccc4ncnc4c3cc12. The van der Waals surface area contributed by atoms with Gasteiger partial charge < -0.3 is 4.98 Å². The smallest absolute Gasteiger partial charge is 0.116 e. The van der Waals surface area contributed by atoms with Crippen molar-refractivity contribution in [1.29, 1.82) is 0 Å². The molecule has 0 saturated carbocycles. The highest BCUT2D eigenvalue weighted by atomic mass is 32.1. The first-order chi connectivity index (χ1) is 9.90. The second kappa shape index (κ2) is 3.55. The molecule has 0 radical (unpaired) electrons. The van der Waals surface area contributed by atoms with E-state index in [2.05, 4.69) is 51.4 Å². The summed E-state index contributed by atoms with van der Waals surface area (Å²) in [6.07, 6.45) is 1.63. The average molecular weight is 275 g/mol. The lowest BCUT2D eigenvalue weighted by Gasteiger charge is -2.00. The molecular weight excluding hydrogens is 266 g/mol. The van der Waals surface area contributed by atoms with Gasteiger partial charge in [0.05, 0.1) is 11.0 Å². The van der Waals surface area contributed by atoms with E-state index in [0.717, 1.165) is 21.9 Å². The summed E-state index contributed by atoms with van der Waals surface area (Å²) in [5.74, 6) is 0. The minimum Gasteiger partial charge on any atom is -0.346 e. The van der Waals surface area contributed by atoms with Crippen LogP contribution in [0.15, 0.2) is 48.8 Å². The highest BCUT2D eigenvalue weighted by molar-refractivity contribution is 7.25. The van der Waals surface area contributed by atoms with Gasteiger partial charge in [-0.05, 0) is 24.3 Å². The molecule has 0 spiro atoms. The molecule has 3 heterocycles. The van der Waals surface area contributed by atoms with E-state index in [1.165, 1.54) is 20.3 Å². The second-order valence-electron chi connectivity index (χ2n) is 4.88. The molecule has 2 aromatic carbocycles. The summed E-state index contributed by atoms with van der Waals surface area (Å²) in [4.78, 5) is 13.4. The van der Waals surface area contributed by atoms with Crippen molar-refractivity contribution >= 4 is 53.6 Å². The summed E-state index contributed by atoms with van der Waals surface area (Å²) >= 11 is 1.79. The third-order valence-corrected chi connectivity index (χ3v) is 4.85. The van der Waals surface area contributed by atoms with Crippen molar-refractivity contribution in [3.05, 3.63) is 48.8 Å². The number of pyridine rings is 1. The fourth-order valence-corrected chi connectivity index (χ4v) is 3.90. The largest absolute Gasteiger partial charge is 0.346 e. The van der Waals surface area contributed by atoms with E-state index in [1.807, 2.05) is 6.07 Å². The molecule has 0 saturated heterocycles. The Bertz CT molecular complexity index is 1100. The predicted molar refractivity (Wildman–Crippen MR) is 84.3 cm³/mol. The van der Waals surface area contributed by atoms with Crippen molar-refractivity contribution in [2.75, 3.05) is 0 Å². The molecule has 0 unspecified atom stereocenters. The van der Waals surface area contributed by atoms with E-state index in [1.54, 1.807) is 17.7 Å². The van der Waals surface area contributed by atoms with Gasteiger partial charge in [-0.3, -0.25) is 0 Å². The van der Waals surface area contributed by atoms with E-state index in [4.69, 9.17) is 0 Å². The Kier molecular flexibility index (Phi) is 1.84. The Labute approximate surface area is 117 Å². The first kappa shape index (κ1) is 10.3. The lowest BCUT2D eigenvalue weighted by Crippen LogP contribution is -1.81. The van der Waals surface area contributed by atoms with Crippen LogP contribution in [-0.2, 0) is 0 Å². The van der Waals surface area contributed by atoms with Crippen LogP contribution in [0.25, 0.3) is 42.2 Å². The Hall–Kier alpha value is -2.46. The Balaban J connectivity index is 2.08. The standard InChI is InChI=1S/C16H9N3S/c1-2-4-14-9(3-1)10-7-11-12(19-16(10)20-14)5-6-13-15(11)18-8-17-13/h1-8,19H. The van der Waals surface area contributed by atoms with Crippen molar-refractivity contribution < 1.29 is 0 Å². The normalized spacial score (nSPS) is 12.0. The van der Waals surface area contributed by atoms with Crippen LogP contribution in [0.1, 0.15) is 0 Å². The lowest BCUT2D eigenvalue weighted by molar-refractivity contribution is 1.35. The van der Waals surface area contributed by atoms with E-state index in [-0.39, 0.29) is 0 Å². The molecule has 3 aromatic heterocycles. The number of imidazole rings is 1. The number of aromatic nitrogens is 3. The van der Waals surface area contributed by atoms with E-state index in [9.17, 15) is 0 Å². The van der Waals surface area contributed by atoms with Gasteiger partial charge in [-0.15, -0.1) is 11.3 Å². The highest BCUT2D eigenvalue weighted by Crippen LogP contribution is 2.35. The van der Waals surface area contributed by atoms with Crippen molar-refractivity contribution in [1.82, 2.24) is 15.0 Å². The average Bonchev–Trinajstić information content (AvgIpc) is 3.09. The van der Waals surface area contributed by atoms with E-state index in [0.29, 0.717) is 0 Å². The van der Waals surface area contributed by atoms with Gasteiger partial charge in [-0.25, -0.2) is 9.97 Å². The molecule has 3 nitrogen and oxygen atoms in total. The monoisotopic (exact) mass is 275 g/mol. The molecule has 0 aliphatic heterocycles. The van der Waals surface area contributed by atoms with Gasteiger partial charge >= 0.3 is 0 Å². The summed E-state index contributed by atoms with van der Waals surface area (Å²) in [6.45, 7) is 0. The minimum atomic E-state index is 0.949. The maximum Gasteiger partial charge on any atom is 0.116 e. The molecule has 0 fully saturated rings. The maximum atomic E-state index is 4.39. The lowest BCUT2D eigenvalue weighted by atomic mass is 10.1. The fraction of sp³-hybridized carbons (Fsp3) is 0. The Morgan fingerprint density at radius 1 is 0.900 bits per heavy atom. The molecule has 0 bridgehead atoms. The number of nitrogens with one attached hydrogen (secondary N) is 1. The number of thiophene rings is 1. The van der Waals surface area contributed by atoms with Crippen LogP contribution in [0.2, 0.25) is 0 Å². The first-order valence-electron chi connectivity index (χ1n) is 6.44. The van der Waals surface area contributed by atoms with Gasteiger partial charge in [-0.2, -0.15) is 0 Å². The molecule has 0 aliphatic carbocycles. The zero-order valence-corrected chi connectivity index (χ0v) is 11.2. The van der Waals surface area contributed by atoms with Crippen LogP contribution in [0, 0.1) is 0 Å². The number of H-pyrrole nitrogens is 1. The predicted octanol–water partition coefficient (Wildman–Crippen LogP) is 4.48. The highest BCUT2D eigenvalue weighted by Gasteiger charge is 2.09. The quantitative estimate of drug-likeness (QED) is 0.453. The van der Waals surface area contributed by atoms with Crippen molar-refractivity contribution in [3.63, 3.8) is 0 Å². The van der Waals surface area contributed by atoms with Gasteiger partial charge in [0.1, 0.15) is 11.2 Å². The minimum absolute atomic E-state index is 0.949. The Morgan fingerprint density at radius 3 is 2.85 bits per heavy atom. The van der Waals surface area contributed by atoms with Gasteiger partial charge in [0.2, 0.25) is 0 Å². The van der Waals surface area contributed by atoms with E-state index >= 15 is 0 Å². The maximum absolute atomic E-state index is 4.39. The molecule has 20 heavy (non-hydrogen) atoms. The molecule has 5 aromatic rings. The van der Waals surface area contributed by atoms with Crippen LogP contribution in [-0.4, -0.2) is 15.0 Å². The van der Waals surface area contributed by atoms with Gasteiger partial charge in [-0.1, -0.05) is 18.2 Å². The topological polar surface area (TPSA) is 41.6 Å². The number of fused-ring (bicyclic) bond motifs is 6. The number of benzene rings is 2. The van der Waals surface area contributed by atoms with Crippen LogP contribution >= 0.6 is 11.3 Å². The molecule has 0 aliphatic rings. The summed E-state index contributed by atoms with van der Waals surface area (Å²) in [5, 5.41) is 3.69. The molecular formula is C16H9N3S. The van der Waals surface area contributed by atoms with Crippen molar-refractivity contribution in [2.24, 2.45) is 0 Å². The van der Waals surface area contributed by atoms with Crippen LogP contribution in [0.4, 0.5) is 0 Å². The molecule has 0 amide bonds. The first-order valence-corrected chi connectivity index (χ1v) is 7.25. The number of hydrogen-bond donors (Lipinski definition) is 1. The summed E-state index contributed by atoms with van der Waals surface area (Å²) in [7, 11) is 0. The fourth-order valence-electron chi connectivity index (χ4n) is 2.81. The number of hydrogen-bond acceptors (Lipinski definition) is 3. The summed E-state index contributed by atoms with van der Waals surface area (Å²) in [5.41, 5.74) is 3.03. The van der Waals surface area contributed by atoms with Crippen LogP contribution < -0.4 is 0 Å². The molecule has 4 heteroatoms. The van der Waals surface area contributed by atoms with Gasteiger partial charge in [0.25, 0.3) is 0 Å². The van der Waals surface area contributed by atoms with Crippen molar-refractivity contribution in [2.45, 2.75) is 0 Å². The number of rotatable bonds is 0. The zero-order valence-electron chi connectivity index (χ0n) is 10.4. The molecule has 5 rings (SSSR count). The number of nitrogens with zero attached hydrogens (tertiary/aromatic N) is 2. The third kappa shape index (κ3) is 1.24. The molecule has 0 atom stereocenters. The number of aromatic amines is 1. The Morgan fingerprint density at radius 2 is 1.85 bits per heavy atom. The zero-order chi connectivity index (χ0) is 13.1. The van der Waals surface area contributed by atoms with Gasteiger partial charge in [0, 0.05) is 26.4 Å². The molecule has 1 N–H and O–H groups in total. The molecule has 94 valence electrons. The van der Waals surface area contributed by atoms with Crippen molar-refractivity contribution in [3.8, 4) is 0 Å². The van der Waals surface area contributed by atoms with Crippen LogP contribution in [0.3, 0.4) is 0 Å². The summed E-state index contributed by atoms with van der Waals surface area (Å²) < 4.78 is 1.30. The van der Waals surface area contributed by atoms with E-state index < -0.39 is 0 Å². The summed E-state index contributed by atoms with van der Waals surface area (Å²) in [6, 6.07) is 14.8. The van der Waals surface area contributed by atoms with Gasteiger partial charge in [0.15, 0.2) is 0 Å².